The predicted octanol–water partition coefficient (Wildman–Crippen LogP) is 2.53. The van der Waals surface area contributed by atoms with Crippen molar-refractivity contribution in [2.45, 2.75) is 51.0 Å². The number of hydrogen-bond acceptors (Lipinski definition) is 7. The van der Waals surface area contributed by atoms with Gasteiger partial charge in [-0.15, -0.1) is 0 Å². The van der Waals surface area contributed by atoms with Gasteiger partial charge in [0.15, 0.2) is 11.0 Å². The zero-order valence-corrected chi connectivity index (χ0v) is 13.8. The second-order valence-corrected chi connectivity index (χ2v) is 7.13. The molecule has 3 heterocycles. The van der Waals surface area contributed by atoms with Crippen molar-refractivity contribution in [1.29, 1.82) is 0 Å². The molecule has 2 aromatic rings. The summed E-state index contributed by atoms with van der Waals surface area (Å²) in [4.78, 5) is 24.2. The van der Waals surface area contributed by atoms with Gasteiger partial charge in [-0.25, -0.2) is 4.98 Å². The molecule has 7 nitrogen and oxygen atoms in total. The average Bonchev–Trinajstić information content (AvgIpc) is 2.99. The van der Waals surface area contributed by atoms with Crippen molar-refractivity contribution >= 4 is 22.4 Å². The van der Waals surface area contributed by atoms with E-state index in [0.717, 1.165) is 37.2 Å². The summed E-state index contributed by atoms with van der Waals surface area (Å²) in [5, 5.41) is 4.51. The molecule has 0 unspecified atom stereocenters. The van der Waals surface area contributed by atoms with E-state index in [-0.39, 0.29) is 11.9 Å². The summed E-state index contributed by atoms with van der Waals surface area (Å²) in [6.45, 7) is 2.68. The van der Waals surface area contributed by atoms with Gasteiger partial charge in [-0.05, 0) is 32.1 Å². The maximum absolute atomic E-state index is 12.9. The first kappa shape index (κ1) is 14.6. The van der Waals surface area contributed by atoms with Gasteiger partial charge in [0.1, 0.15) is 10.9 Å². The van der Waals surface area contributed by atoms with Crippen LogP contribution >= 0.6 is 11.3 Å². The lowest BCUT2D eigenvalue weighted by Gasteiger charge is -2.21. The molecule has 23 heavy (non-hydrogen) atoms. The fraction of sp³-hybridized carbons (Fsp3) is 0.600. The number of likely N-dealkylation sites (tertiary alicyclic amines) is 1. The fourth-order valence-electron chi connectivity index (χ4n) is 3.06. The average molecular weight is 333 g/mol. The van der Waals surface area contributed by atoms with Gasteiger partial charge < -0.3 is 15.2 Å². The SMILES string of the molecule is CCc1nc(N)sc1C(=O)N1CCC[C@H]1c1nc(C2CC2)no1. The molecule has 1 aliphatic carbocycles. The summed E-state index contributed by atoms with van der Waals surface area (Å²) in [7, 11) is 0. The van der Waals surface area contributed by atoms with Crippen LogP contribution in [0.3, 0.4) is 0 Å². The van der Waals surface area contributed by atoms with Gasteiger partial charge in [0, 0.05) is 12.5 Å². The van der Waals surface area contributed by atoms with Crippen molar-refractivity contribution in [1.82, 2.24) is 20.0 Å². The van der Waals surface area contributed by atoms with Crippen LogP contribution in [-0.2, 0) is 6.42 Å². The van der Waals surface area contributed by atoms with E-state index in [1.54, 1.807) is 0 Å². The highest BCUT2D eigenvalue weighted by atomic mass is 32.1. The summed E-state index contributed by atoms with van der Waals surface area (Å²) >= 11 is 1.26. The standard InChI is InChI=1S/C15H19N5O2S/c1-2-9-11(23-15(16)17-9)14(21)20-7-3-4-10(20)13-18-12(19-22-13)8-5-6-8/h8,10H,2-7H2,1H3,(H2,16,17)/t10-/m0/s1. The molecule has 2 N–H and O–H groups in total. The van der Waals surface area contributed by atoms with Crippen LogP contribution in [0.25, 0.3) is 0 Å². The van der Waals surface area contributed by atoms with Crippen LogP contribution in [-0.4, -0.2) is 32.5 Å². The van der Waals surface area contributed by atoms with Crippen LogP contribution in [0.1, 0.15) is 71.6 Å². The fourth-order valence-corrected chi connectivity index (χ4v) is 3.94. The highest BCUT2D eigenvalue weighted by molar-refractivity contribution is 7.17. The number of hydrogen-bond donors (Lipinski definition) is 1. The minimum atomic E-state index is -0.129. The third-order valence-electron chi connectivity index (χ3n) is 4.44. The smallest absolute Gasteiger partial charge is 0.266 e. The second-order valence-electron chi connectivity index (χ2n) is 6.10. The topological polar surface area (TPSA) is 98.1 Å². The number of nitrogens with two attached hydrogens (primary N) is 1. The number of amides is 1. The lowest BCUT2D eigenvalue weighted by Crippen LogP contribution is -2.30. The predicted molar refractivity (Wildman–Crippen MR) is 85.2 cm³/mol. The highest BCUT2D eigenvalue weighted by Crippen LogP contribution is 2.40. The molecule has 1 aliphatic heterocycles. The Bertz CT molecular complexity index is 736. The third kappa shape index (κ3) is 2.60. The molecule has 0 radical (unpaired) electrons. The molecule has 2 aromatic heterocycles. The molecule has 2 fully saturated rings. The molecular weight excluding hydrogens is 314 g/mol. The Labute approximate surface area is 137 Å². The number of nitrogen functional groups attached to an aromatic ring is 1. The minimum absolute atomic E-state index is 0.0234. The Hall–Kier alpha value is -1.96. The largest absolute Gasteiger partial charge is 0.375 e. The zero-order valence-electron chi connectivity index (χ0n) is 13.0. The zero-order chi connectivity index (χ0) is 16.0. The Balaban J connectivity index is 1.59. The molecule has 8 heteroatoms. The molecule has 122 valence electrons. The first-order chi connectivity index (χ1) is 11.2. The molecule has 0 aromatic carbocycles. The molecule has 4 rings (SSSR count). The van der Waals surface area contributed by atoms with Crippen molar-refractivity contribution in [3.63, 3.8) is 0 Å². The first-order valence-corrected chi connectivity index (χ1v) is 8.88. The van der Waals surface area contributed by atoms with Crippen molar-refractivity contribution < 1.29 is 9.32 Å². The summed E-state index contributed by atoms with van der Waals surface area (Å²) < 4.78 is 5.44. The highest BCUT2D eigenvalue weighted by Gasteiger charge is 2.37. The summed E-state index contributed by atoms with van der Waals surface area (Å²) in [6, 6.07) is -0.129. The van der Waals surface area contributed by atoms with Gasteiger partial charge in [-0.1, -0.05) is 23.4 Å². The van der Waals surface area contributed by atoms with E-state index in [9.17, 15) is 4.79 Å². The summed E-state index contributed by atoms with van der Waals surface area (Å²) in [6.07, 6.45) is 4.75. The normalized spacial score (nSPS) is 21.1. The Morgan fingerprint density at radius 2 is 2.22 bits per heavy atom. The molecule has 1 amide bonds. The van der Waals surface area contributed by atoms with E-state index >= 15 is 0 Å². The van der Waals surface area contributed by atoms with Crippen molar-refractivity contribution in [2.75, 3.05) is 12.3 Å². The second kappa shape index (κ2) is 5.59. The Kier molecular flexibility index (Phi) is 3.56. The van der Waals surface area contributed by atoms with E-state index < -0.39 is 0 Å². The Morgan fingerprint density at radius 1 is 1.39 bits per heavy atom. The van der Waals surface area contributed by atoms with E-state index in [0.29, 0.717) is 34.8 Å². The minimum Gasteiger partial charge on any atom is -0.375 e. The van der Waals surface area contributed by atoms with Crippen molar-refractivity contribution in [2.24, 2.45) is 0 Å². The number of nitrogens with zero attached hydrogens (tertiary/aromatic N) is 4. The van der Waals surface area contributed by atoms with Gasteiger partial charge in [-0.2, -0.15) is 4.98 Å². The van der Waals surface area contributed by atoms with E-state index in [1.807, 2.05) is 11.8 Å². The molecule has 0 bridgehead atoms. The first-order valence-electron chi connectivity index (χ1n) is 8.07. The van der Waals surface area contributed by atoms with Gasteiger partial charge >= 0.3 is 0 Å². The molecule has 1 saturated carbocycles. The van der Waals surface area contributed by atoms with Crippen LogP contribution in [0.2, 0.25) is 0 Å². The number of aromatic nitrogens is 3. The quantitative estimate of drug-likeness (QED) is 0.923. The molecule has 1 atom stereocenters. The maximum Gasteiger partial charge on any atom is 0.266 e. The molecular formula is C15H19N5O2S. The maximum atomic E-state index is 12.9. The third-order valence-corrected chi connectivity index (χ3v) is 5.36. The van der Waals surface area contributed by atoms with Crippen molar-refractivity contribution in [3.05, 3.63) is 22.3 Å². The monoisotopic (exact) mass is 333 g/mol. The lowest BCUT2D eigenvalue weighted by molar-refractivity contribution is 0.0713. The number of carbonyl (C=O) groups is 1. The number of anilines is 1. The number of thiazole rings is 1. The van der Waals surface area contributed by atoms with E-state index in [4.69, 9.17) is 10.3 Å². The number of aryl methyl sites for hydroxylation is 1. The van der Waals surface area contributed by atoms with Gasteiger partial charge in [0.05, 0.1) is 5.69 Å². The summed E-state index contributed by atoms with van der Waals surface area (Å²) in [5.74, 6) is 1.78. The van der Waals surface area contributed by atoms with Gasteiger partial charge in [0.25, 0.3) is 5.91 Å². The molecule has 0 spiro atoms. The van der Waals surface area contributed by atoms with E-state index in [2.05, 4.69) is 15.1 Å². The summed E-state index contributed by atoms with van der Waals surface area (Å²) in [5.41, 5.74) is 6.55. The van der Waals surface area contributed by atoms with E-state index in [1.165, 1.54) is 11.3 Å². The van der Waals surface area contributed by atoms with Crippen LogP contribution < -0.4 is 5.73 Å². The van der Waals surface area contributed by atoms with Crippen molar-refractivity contribution in [3.8, 4) is 0 Å². The Morgan fingerprint density at radius 3 is 2.96 bits per heavy atom. The van der Waals surface area contributed by atoms with Gasteiger partial charge in [0.2, 0.25) is 5.89 Å². The molecule has 2 aliphatic rings. The molecule has 1 saturated heterocycles. The van der Waals surface area contributed by atoms with Crippen LogP contribution in [0.4, 0.5) is 5.13 Å². The number of carbonyl (C=O) groups excluding carboxylic acids is 1. The van der Waals surface area contributed by atoms with Crippen LogP contribution in [0.15, 0.2) is 4.52 Å². The number of rotatable bonds is 4. The lowest BCUT2D eigenvalue weighted by atomic mass is 10.2. The van der Waals surface area contributed by atoms with Crippen LogP contribution in [0.5, 0.6) is 0 Å². The van der Waals surface area contributed by atoms with Crippen LogP contribution in [0, 0.1) is 0 Å². The van der Waals surface area contributed by atoms with Gasteiger partial charge in [-0.3, -0.25) is 4.79 Å².